The van der Waals surface area contributed by atoms with E-state index in [1.54, 1.807) is 32.4 Å². The number of amides is 1. The summed E-state index contributed by atoms with van der Waals surface area (Å²) in [5, 5.41) is 3.12. The van der Waals surface area contributed by atoms with Crippen LogP contribution in [0.15, 0.2) is 30.3 Å². The average molecular weight is 451 g/mol. The molecule has 0 bridgehead atoms. The van der Waals surface area contributed by atoms with Gasteiger partial charge in [-0.25, -0.2) is 4.98 Å². The van der Waals surface area contributed by atoms with Crippen LogP contribution in [0.2, 0.25) is 0 Å². The molecule has 1 aromatic heterocycles. The minimum Gasteiger partial charge on any atom is -0.493 e. The van der Waals surface area contributed by atoms with Crippen LogP contribution < -0.4 is 19.7 Å². The SMILES string of the molecule is CCN(CC)c1cc2nc(C3CCCCC3)[nH]c2cc1NC(=O)c1ccc(OC)c(OC)c1. The van der Waals surface area contributed by atoms with E-state index < -0.39 is 0 Å². The molecule has 33 heavy (non-hydrogen) atoms. The fourth-order valence-electron chi connectivity index (χ4n) is 4.73. The summed E-state index contributed by atoms with van der Waals surface area (Å²) < 4.78 is 10.7. The van der Waals surface area contributed by atoms with Crippen molar-refractivity contribution in [3.8, 4) is 11.5 Å². The first-order valence-electron chi connectivity index (χ1n) is 11.9. The number of aromatic amines is 1. The third-order valence-electron chi connectivity index (χ3n) is 6.61. The number of imidazole rings is 1. The molecule has 1 amide bonds. The van der Waals surface area contributed by atoms with Gasteiger partial charge in [0.2, 0.25) is 0 Å². The van der Waals surface area contributed by atoms with Crippen LogP contribution in [-0.4, -0.2) is 43.2 Å². The summed E-state index contributed by atoms with van der Waals surface area (Å²) in [6.07, 6.45) is 6.21. The number of hydrogen-bond donors (Lipinski definition) is 2. The largest absolute Gasteiger partial charge is 0.493 e. The van der Waals surface area contributed by atoms with Gasteiger partial charge in [0, 0.05) is 24.6 Å². The summed E-state index contributed by atoms with van der Waals surface area (Å²) in [4.78, 5) is 23.9. The Labute approximate surface area is 195 Å². The minimum atomic E-state index is -0.198. The molecule has 1 saturated carbocycles. The van der Waals surface area contributed by atoms with Gasteiger partial charge in [-0.2, -0.15) is 0 Å². The lowest BCUT2D eigenvalue weighted by molar-refractivity contribution is 0.102. The predicted octanol–water partition coefficient (Wildman–Crippen LogP) is 5.73. The summed E-state index contributed by atoms with van der Waals surface area (Å²) in [6.45, 7) is 5.90. The molecule has 7 heteroatoms. The van der Waals surface area contributed by atoms with Crippen LogP contribution in [0, 0.1) is 0 Å². The van der Waals surface area contributed by atoms with Crippen molar-refractivity contribution in [2.75, 3.05) is 37.5 Å². The van der Waals surface area contributed by atoms with E-state index in [1.807, 2.05) is 6.07 Å². The number of nitrogens with one attached hydrogen (secondary N) is 2. The molecule has 1 fully saturated rings. The number of ether oxygens (including phenoxy) is 2. The van der Waals surface area contributed by atoms with Crippen LogP contribution in [0.4, 0.5) is 11.4 Å². The zero-order valence-electron chi connectivity index (χ0n) is 20.0. The highest BCUT2D eigenvalue weighted by molar-refractivity contribution is 6.07. The standard InChI is InChI=1S/C26H34N4O3/c1-5-30(6-2)22-16-20-19(27-25(28-20)17-10-8-7-9-11-17)15-21(22)29-26(31)18-12-13-23(32-3)24(14-18)33-4/h12-17H,5-11H2,1-4H3,(H,27,28)(H,29,31). The van der Waals surface area contributed by atoms with E-state index in [0.717, 1.165) is 41.3 Å². The lowest BCUT2D eigenvalue weighted by Gasteiger charge is -2.24. The number of carbonyl (C=O) groups excluding carboxylic acids is 1. The van der Waals surface area contributed by atoms with Gasteiger partial charge in [0.05, 0.1) is 36.6 Å². The monoisotopic (exact) mass is 450 g/mol. The number of aromatic nitrogens is 2. The molecular weight excluding hydrogens is 416 g/mol. The van der Waals surface area contributed by atoms with Crippen molar-refractivity contribution in [3.63, 3.8) is 0 Å². The molecular formula is C26H34N4O3. The average Bonchev–Trinajstić information content (AvgIpc) is 3.28. The van der Waals surface area contributed by atoms with Crippen molar-refractivity contribution >= 4 is 28.3 Å². The summed E-state index contributed by atoms with van der Waals surface area (Å²) in [7, 11) is 3.14. The third kappa shape index (κ3) is 4.77. The smallest absolute Gasteiger partial charge is 0.255 e. The van der Waals surface area contributed by atoms with Gasteiger partial charge in [-0.3, -0.25) is 4.79 Å². The van der Waals surface area contributed by atoms with Crippen LogP contribution in [0.1, 0.15) is 68.1 Å². The fraction of sp³-hybridized carbons (Fsp3) is 0.462. The zero-order chi connectivity index (χ0) is 23.4. The highest BCUT2D eigenvalue weighted by Crippen LogP contribution is 2.36. The second kappa shape index (κ2) is 10.1. The Morgan fingerprint density at radius 3 is 2.45 bits per heavy atom. The van der Waals surface area contributed by atoms with E-state index in [2.05, 4.69) is 35.1 Å². The van der Waals surface area contributed by atoms with Gasteiger partial charge >= 0.3 is 0 Å². The molecule has 1 aliphatic rings. The summed E-state index contributed by atoms with van der Waals surface area (Å²) in [5.41, 5.74) is 4.15. The number of anilines is 2. The molecule has 4 rings (SSSR count). The number of H-pyrrole nitrogens is 1. The number of nitrogens with zero attached hydrogens (tertiary/aromatic N) is 2. The van der Waals surface area contributed by atoms with E-state index in [9.17, 15) is 4.79 Å². The van der Waals surface area contributed by atoms with E-state index >= 15 is 0 Å². The molecule has 1 heterocycles. The maximum absolute atomic E-state index is 13.2. The molecule has 0 unspecified atom stereocenters. The Bertz CT molecular complexity index is 1110. The molecule has 7 nitrogen and oxygen atoms in total. The summed E-state index contributed by atoms with van der Waals surface area (Å²) in [6, 6.07) is 9.29. The Balaban J connectivity index is 1.69. The molecule has 0 saturated heterocycles. The van der Waals surface area contributed by atoms with Crippen molar-refractivity contribution in [2.45, 2.75) is 51.9 Å². The van der Waals surface area contributed by atoms with Crippen molar-refractivity contribution in [3.05, 3.63) is 41.7 Å². The number of carbonyl (C=O) groups is 1. The first kappa shape index (κ1) is 23.0. The number of rotatable bonds is 8. The molecule has 2 aromatic carbocycles. The quantitative estimate of drug-likeness (QED) is 0.458. The van der Waals surface area contributed by atoms with Gasteiger partial charge in [0.15, 0.2) is 11.5 Å². The van der Waals surface area contributed by atoms with Gasteiger partial charge in [0.25, 0.3) is 5.91 Å². The van der Waals surface area contributed by atoms with Crippen molar-refractivity contribution in [1.82, 2.24) is 9.97 Å². The second-order valence-electron chi connectivity index (χ2n) is 8.54. The van der Waals surface area contributed by atoms with E-state index in [0.29, 0.717) is 23.0 Å². The zero-order valence-corrected chi connectivity index (χ0v) is 20.0. The third-order valence-corrected chi connectivity index (χ3v) is 6.61. The molecule has 2 N–H and O–H groups in total. The van der Waals surface area contributed by atoms with Gasteiger partial charge in [-0.05, 0) is 57.0 Å². The van der Waals surface area contributed by atoms with E-state index in [1.165, 1.54) is 32.1 Å². The van der Waals surface area contributed by atoms with Crippen LogP contribution >= 0.6 is 0 Å². The highest BCUT2D eigenvalue weighted by atomic mass is 16.5. The number of benzene rings is 2. The Hall–Kier alpha value is -3.22. The van der Waals surface area contributed by atoms with Crippen LogP contribution in [0.3, 0.4) is 0 Å². The van der Waals surface area contributed by atoms with Crippen molar-refractivity contribution < 1.29 is 14.3 Å². The van der Waals surface area contributed by atoms with Crippen molar-refractivity contribution in [1.29, 1.82) is 0 Å². The molecule has 0 spiro atoms. The lowest BCUT2D eigenvalue weighted by Crippen LogP contribution is -2.24. The minimum absolute atomic E-state index is 0.198. The van der Waals surface area contributed by atoms with Crippen molar-refractivity contribution in [2.24, 2.45) is 0 Å². The molecule has 0 radical (unpaired) electrons. The summed E-state index contributed by atoms with van der Waals surface area (Å²) in [5.74, 6) is 2.48. The van der Waals surface area contributed by atoms with Crippen LogP contribution in [-0.2, 0) is 0 Å². The Morgan fingerprint density at radius 2 is 1.79 bits per heavy atom. The van der Waals surface area contributed by atoms with Gasteiger partial charge < -0.3 is 24.7 Å². The van der Waals surface area contributed by atoms with E-state index in [4.69, 9.17) is 14.5 Å². The Morgan fingerprint density at radius 1 is 1.06 bits per heavy atom. The van der Waals surface area contributed by atoms with Gasteiger partial charge in [-0.15, -0.1) is 0 Å². The molecule has 1 aliphatic carbocycles. The first-order chi connectivity index (χ1) is 16.1. The van der Waals surface area contributed by atoms with Crippen LogP contribution in [0.5, 0.6) is 11.5 Å². The second-order valence-corrected chi connectivity index (χ2v) is 8.54. The normalized spacial score (nSPS) is 14.3. The molecule has 0 aliphatic heterocycles. The summed E-state index contributed by atoms with van der Waals surface area (Å²) >= 11 is 0. The number of methoxy groups -OCH3 is 2. The highest BCUT2D eigenvalue weighted by Gasteiger charge is 2.21. The maximum Gasteiger partial charge on any atom is 0.255 e. The Kier molecular flexibility index (Phi) is 7.06. The number of hydrogen-bond acceptors (Lipinski definition) is 5. The topological polar surface area (TPSA) is 79.5 Å². The van der Waals surface area contributed by atoms with E-state index in [-0.39, 0.29) is 5.91 Å². The van der Waals surface area contributed by atoms with Crippen LogP contribution in [0.25, 0.3) is 11.0 Å². The maximum atomic E-state index is 13.2. The predicted molar refractivity (Wildman–Crippen MR) is 133 cm³/mol. The molecule has 3 aromatic rings. The fourth-order valence-corrected chi connectivity index (χ4v) is 4.73. The molecule has 176 valence electrons. The van der Waals surface area contributed by atoms with Gasteiger partial charge in [0.1, 0.15) is 5.82 Å². The molecule has 0 atom stereocenters. The first-order valence-corrected chi connectivity index (χ1v) is 11.9. The number of fused-ring (bicyclic) bond motifs is 1. The lowest BCUT2D eigenvalue weighted by atomic mass is 9.89. The van der Waals surface area contributed by atoms with Gasteiger partial charge in [-0.1, -0.05) is 19.3 Å².